The predicted molar refractivity (Wildman–Crippen MR) is 88.9 cm³/mol. The summed E-state index contributed by atoms with van der Waals surface area (Å²) >= 11 is 3.67. The minimum absolute atomic E-state index is 0.832. The van der Waals surface area contributed by atoms with Crippen molar-refractivity contribution in [3.05, 3.63) is 27.7 Å². The van der Waals surface area contributed by atoms with Crippen LogP contribution in [0.1, 0.15) is 43.2 Å². The highest BCUT2D eigenvalue weighted by atomic mass is 79.9. The van der Waals surface area contributed by atoms with Crippen LogP contribution in [0.25, 0.3) is 0 Å². The number of ether oxygens (including phenoxy) is 1. The predicted octanol–water partition coefficient (Wildman–Crippen LogP) is 4.09. The smallest absolute Gasteiger partial charge is 0.125 e. The van der Waals surface area contributed by atoms with Crippen molar-refractivity contribution in [1.82, 2.24) is 5.32 Å². The number of benzene rings is 1. The van der Waals surface area contributed by atoms with E-state index >= 15 is 0 Å². The summed E-state index contributed by atoms with van der Waals surface area (Å²) in [6.45, 7) is 2.09. The van der Waals surface area contributed by atoms with E-state index in [0.29, 0.717) is 0 Å². The van der Waals surface area contributed by atoms with Gasteiger partial charge in [0.15, 0.2) is 0 Å². The number of nitrogens with one attached hydrogen (secondary N) is 1. The molecule has 1 heterocycles. The zero-order valence-electron chi connectivity index (χ0n) is 12.5. The van der Waals surface area contributed by atoms with E-state index in [1.807, 2.05) is 0 Å². The lowest BCUT2D eigenvalue weighted by Crippen LogP contribution is -2.27. The molecule has 0 bridgehead atoms. The van der Waals surface area contributed by atoms with Crippen LogP contribution in [0.3, 0.4) is 0 Å². The van der Waals surface area contributed by atoms with Crippen molar-refractivity contribution in [2.75, 3.05) is 13.2 Å². The van der Waals surface area contributed by atoms with Crippen molar-refractivity contribution in [2.24, 2.45) is 11.8 Å². The SMILES string of the molecule is Brc1cc2c(c(CC3CCCC3CNC3CC3)c1)OCC2. The van der Waals surface area contributed by atoms with Gasteiger partial charge in [0.1, 0.15) is 5.75 Å². The molecule has 2 fully saturated rings. The van der Waals surface area contributed by atoms with Crippen molar-refractivity contribution in [2.45, 2.75) is 51.0 Å². The first-order valence-corrected chi connectivity index (χ1v) is 9.26. The molecular weight excluding hydrogens is 326 g/mol. The van der Waals surface area contributed by atoms with Crippen LogP contribution in [-0.2, 0) is 12.8 Å². The van der Waals surface area contributed by atoms with Gasteiger partial charge in [-0.2, -0.15) is 0 Å². The van der Waals surface area contributed by atoms with E-state index in [9.17, 15) is 0 Å². The van der Waals surface area contributed by atoms with Gasteiger partial charge in [0.25, 0.3) is 0 Å². The molecule has 3 aliphatic rings. The molecule has 1 aromatic carbocycles. The topological polar surface area (TPSA) is 21.3 Å². The van der Waals surface area contributed by atoms with E-state index < -0.39 is 0 Å². The summed E-state index contributed by atoms with van der Waals surface area (Å²) in [6, 6.07) is 5.35. The molecule has 1 N–H and O–H groups in total. The Morgan fingerprint density at radius 2 is 2.00 bits per heavy atom. The summed E-state index contributed by atoms with van der Waals surface area (Å²) in [7, 11) is 0. The molecule has 1 aliphatic heterocycles. The first-order valence-electron chi connectivity index (χ1n) is 8.47. The van der Waals surface area contributed by atoms with Gasteiger partial charge in [-0.3, -0.25) is 0 Å². The van der Waals surface area contributed by atoms with Crippen molar-refractivity contribution < 1.29 is 4.74 Å². The van der Waals surface area contributed by atoms with Gasteiger partial charge in [0, 0.05) is 16.9 Å². The Bertz CT molecular complexity index is 526. The van der Waals surface area contributed by atoms with Crippen LogP contribution in [0.4, 0.5) is 0 Å². The largest absolute Gasteiger partial charge is 0.493 e. The van der Waals surface area contributed by atoms with Crippen LogP contribution in [0.5, 0.6) is 5.75 Å². The van der Waals surface area contributed by atoms with E-state index in [1.165, 1.54) is 66.4 Å². The second-order valence-electron chi connectivity index (χ2n) is 6.99. The Balaban J connectivity index is 1.47. The van der Waals surface area contributed by atoms with Crippen molar-refractivity contribution in [3.8, 4) is 5.75 Å². The van der Waals surface area contributed by atoms with E-state index in [4.69, 9.17) is 4.74 Å². The van der Waals surface area contributed by atoms with Gasteiger partial charge < -0.3 is 10.1 Å². The fourth-order valence-corrected chi connectivity index (χ4v) is 4.59. The van der Waals surface area contributed by atoms with E-state index in [1.54, 1.807) is 0 Å². The van der Waals surface area contributed by atoms with Crippen LogP contribution >= 0.6 is 15.9 Å². The molecule has 21 heavy (non-hydrogen) atoms. The van der Waals surface area contributed by atoms with Gasteiger partial charge in [0.05, 0.1) is 6.61 Å². The molecule has 2 unspecified atom stereocenters. The molecule has 0 aromatic heterocycles. The van der Waals surface area contributed by atoms with Crippen LogP contribution in [0, 0.1) is 11.8 Å². The number of hydrogen-bond acceptors (Lipinski definition) is 2. The van der Waals surface area contributed by atoms with Crippen molar-refractivity contribution >= 4 is 15.9 Å². The highest BCUT2D eigenvalue weighted by Crippen LogP contribution is 2.39. The third-order valence-corrected chi connectivity index (χ3v) is 5.83. The van der Waals surface area contributed by atoms with Gasteiger partial charge in [-0.1, -0.05) is 22.4 Å². The number of halogens is 1. The zero-order valence-corrected chi connectivity index (χ0v) is 14.1. The van der Waals surface area contributed by atoms with Gasteiger partial charge in [0.2, 0.25) is 0 Å². The monoisotopic (exact) mass is 349 g/mol. The minimum Gasteiger partial charge on any atom is -0.493 e. The first-order chi connectivity index (χ1) is 10.3. The molecule has 0 radical (unpaired) electrons. The van der Waals surface area contributed by atoms with Gasteiger partial charge in [-0.15, -0.1) is 0 Å². The Kier molecular flexibility index (Phi) is 3.97. The Labute approximate surface area is 135 Å². The third kappa shape index (κ3) is 3.14. The molecule has 0 amide bonds. The molecule has 0 spiro atoms. The summed E-state index contributed by atoms with van der Waals surface area (Å²) in [4.78, 5) is 0. The Hall–Kier alpha value is -0.540. The lowest BCUT2D eigenvalue weighted by Gasteiger charge is -2.21. The lowest BCUT2D eigenvalue weighted by atomic mass is 9.88. The highest BCUT2D eigenvalue weighted by Gasteiger charge is 2.31. The molecular formula is C18H24BrNO. The zero-order chi connectivity index (χ0) is 14.2. The van der Waals surface area contributed by atoms with E-state index in [2.05, 4.69) is 33.4 Å². The summed E-state index contributed by atoms with van der Waals surface area (Å²) in [5.41, 5.74) is 2.82. The Morgan fingerprint density at radius 3 is 2.86 bits per heavy atom. The summed E-state index contributed by atoms with van der Waals surface area (Å²) < 4.78 is 7.12. The van der Waals surface area contributed by atoms with Crippen molar-refractivity contribution in [1.29, 1.82) is 0 Å². The number of hydrogen-bond donors (Lipinski definition) is 1. The van der Waals surface area contributed by atoms with E-state index in [-0.39, 0.29) is 0 Å². The summed E-state index contributed by atoms with van der Waals surface area (Å²) in [6.07, 6.45) is 9.24. The quantitative estimate of drug-likeness (QED) is 0.864. The average molecular weight is 350 g/mol. The molecule has 2 atom stereocenters. The van der Waals surface area contributed by atoms with Crippen LogP contribution in [0.2, 0.25) is 0 Å². The second kappa shape index (κ2) is 5.92. The molecule has 4 rings (SSSR count). The molecule has 2 saturated carbocycles. The lowest BCUT2D eigenvalue weighted by molar-refractivity contribution is 0.338. The molecule has 114 valence electrons. The van der Waals surface area contributed by atoms with Crippen LogP contribution in [0.15, 0.2) is 16.6 Å². The van der Waals surface area contributed by atoms with Crippen molar-refractivity contribution in [3.63, 3.8) is 0 Å². The third-order valence-electron chi connectivity index (χ3n) is 5.37. The van der Waals surface area contributed by atoms with Crippen LogP contribution in [-0.4, -0.2) is 19.2 Å². The summed E-state index contributed by atoms with van der Waals surface area (Å²) in [5.74, 6) is 2.89. The van der Waals surface area contributed by atoms with Gasteiger partial charge >= 0.3 is 0 Å². The van der Waals surface area contributed by atoms with Crippen LogP contribution < -0.4 is 10.1 Å². The standard InChI is InChI=1S/C18H24BrNO/c19-16-9-13-6-7-21-18(13)15(10-16)8-12-2-1-3-14(12)11-20-17-4-5-17/h9-10,12,14,17,20H,1-8,11H2. The van der Waals surface area contributed by atoms with Gasteiger partial charge in [-0.05, 0) is 73.7 Å². The maximum absolute atomic E-state index is 5.90. The fourth-order valence-electron chi connectivity index (χ4n) is 4.04. The molecule has 0 saturated heterocycles. The number of fused-ring (bicyclic) bond motifs is 1. The molecule has 2 aliphatic carbocycles. The summed E-state index contributed by atoms with van der Waals surface area (Å²) in [5, 5.41) is 3.74. The molecule has 1 aromatic rings. The Morgan fingerprint density at radius 1 is 1.14 bits per heavy atom. The maximum Gasteiger partial charge on any atom is 0.125 e. The van der Waals surface area contributed by atoms with Gasteiger partial charge in [-0.25, -0.2) is 0 Å². The number of rotatable bonds is 5. The maximum atomic E-state index is 5.90. The highest BCUT2D eigenvalue weighted by molar-refractivity contribution is 9.10. The normalized spacial score (nSPS) is 27.7. The van der Waals surface area contributed by atoms with E-state index in [0.717, 1.165) is 30.9 Å². The average Bonchev–Trinajstić information content (AvgIpc) is 2.99. The molecule has 3 heteroatoms. The first kappa shape index (κ1) is 14.1. The molecule has 2 nitrogen and oxygen atoms in total. The fraction of sp³-hybridized carbons (Fsp3) is 0.667. The minimum atomic E-state index is 0.832. The second-order valence-corrected chi connectivity index (χ2v) is 7.91.